The van der Waals surface area contributed by atoms with Crippen LogP contribution in [0.2, 0.25) is 0 Å². The Hall–Kier alpha value is -1.61. The Morgan fingerprint density at radius 1 is 1.03 bits per heavy atom. The first-order chi connectivity index (χ1) is 14.6. The van der Waals surface area contributed by atoms with Crippen LogP contribution in [0.4, 0.5) is 0 Å². The van der Waals surface area contributed by atoms with Gasteiger partial charge in [-0.3, -0.25) is 9.58 Å². The highest BCUT2D eigenvalue weighted by atomic mass is 127. The topological polar surface area (TPSA) is 57.5 Å². The van der Waals surface area contributed by atoms with Crippen molar-refractivity contribution in [3.8, 4) is 0 Å². The third-order valence-corrected chi connectivity index (χ3v) is 5.58. The minimum absolute atomic E-state index is 0. The van der Waals surface area contributed by atoms with Gasteiger partial charge in [-0.2, -0.15) is 5.10 Å². The zero-order valence-electron chi connectivity index (χ0n) is 19.4. The van der Waals surface area contributed by atoms with Crippen molar-refractivity contribution < 1.29 is 0 Å². The number of nitrogens with zero attached hydrogens (tertiary/aromatic N) is 4. The molecule has 2 heterocycles. The Bertz CT molecular complexity index is 793. The summed E-state index contributed by atoms with van der Waals surface area (Å²) in [6, 6.07) is 11.1. The van der Waals surface area contributed by atoms with Crippen molar-refractivity contribution >= 4 is 29.9 Å². The highest BCUT2D eigenvalue weighted by molar-refractivity contribution is 14.0. The largest absolute Gasteiger partial charge is 0.357 e. The van der Waals surface area contributed by atoms with E-state index >= 15 is 0 Å². The van der Waals surface area contributed by atoms with Crippen molar-refractivity contribution in [1.82, 2.24) is 25.3 Å². The van der Waals surface area contributed by atoms with E-state index in [9.17, 15) is 0 Å². The second-order valence-electron chi connectivity index (χ2n) is 8.28. The number of hydrogen-bond donors (Lipinski definition) is 2. The molecule has 0 atom stereocenters. The summed E-state index contributed by atoms with van der Waals surface area (Å²) in [4.78, 5) is 7.32. The first-order valence-electron chi connectivity index (χ1n) is 11.5. The number of aryl methyl sites for hydroxylation is 3. The van der Waals surface area contributed by atoms with Gasteiger partial charge in [-0.1, -0.05) is 30.7 Å². The first-order valence-corrected chi connectivity index (χ1v) is 11.5. The summed E-state index contributed by atoms with van der Waals surface area (Å²) in [6.07, 6.45) is 5.08. The van der Waals surface area contributed by atoms with Gasteiger partial charge in [-0.15, -0.1) is 24.0 Å². The number of aliphatic imine (C=N–C) groups is 1. The predicted molar refractivity (Wildman–Crippen MR) is 140 cm³/mol. The third-order valence-electron chi connectivity index (χ3n) is 5.58. The van der Waals surface area contributed by atoms with Crippen molar-refractivity contribution in [2.24, 2.45) is 4.99 Å². The minimum atomic E-state index is 0. The van der Waals surface area contributed by atoms with Crippen LogP contribution in [0.15, 0.2) is 35.3 Å². The fraction of sp³-hybridized carbons (Fsp3) is 0.583. The molecule has 1 aliphatic rings. The van der Waals surface area contributed by atoms with Gasteiger partial charge in [0.15, 0.2) is 5.96 Å². The number of nitrogens with one attached hydrogen (secondary N) is 2. The fourth-order valence-electron chi connectivity index (χ4n) is 3.97. The third kappa shape index (κ3) is 8.80. The van der Waals surface area contributed by atoms with Crippen molar-refractivity contribution in [1.29, 1.82) is 0 Å². The van der Waals surface area contributed by atoms with Gasteiger partial charge < -0.3 is 10.6 Å². The Kier molecular flexibility index (Phi) is 11.4. The van der Waals surface area contributed by atoms with Crippen LogP contribution in [0.3, 0.4) is 0 Å². The van der Waals surface area contributed by atoms with Crippen LogP contribution >= 0.6 is 24.0 Å². The van der Waals surface area contributed by atoms with Crippen LogP contribution in [0.1, 0.15) is 55.1 Å². The average Bonchev–Trinajstić information content (AvgIpc) is 3.08. The van der Waals surface area contributed by atoms with Crippen LogP contribution in [0.25, 0.3) is 0 Å². The Morgan fingerprint density at radius 2 is 1.74 bits per heavy atom. The maximum Gasteiger partial charge on any atom is 0.191 e. The lowest BCUT2D eigenvalue weighted by atomic mass is 10.1. The highest BCUT2D eigenvalue weighted by Gasteiger charge is 2.10. The Labute approximate surface area is 204 Å². The summed E-state index contributed by atoms with van der Waals surface area (Å²) < 4.78 is 2.08. The van der Waals surface area contributed by atoms with Crippen LogP contribution < -0.4 is 10.6 Å². The van der Waals surface area contributed by atoms with E-state index in [4.69, 9.17) is 4.99 Å². The molecule has 7 heteroatoms. The van der Waals surface area contributed by atoms with E-state index in [0.29, 0.717) is 6.54 Å². The molecule has 0 radical (unpaired) electrons. The predicted octanol–water partition coefficient (Wildman–Crippen LogP) is 4.25. The van der Waals surface area contributed by atoms with Gasteiger partial charge in [0.25, 0.3) is 0 Å². The molecule has 0 amide bonds. The van der Waals surface area contributed by atoms with E-state index in [2.05, 4.69) is 69.5 Å². The Morgan fingerprint density at radius 3 is 2.39 bits per heavy atom. The molecule has 0 bridgehead atoms. The summed E-state index contributed by atoms with van der Waals surface area (Å²) in [5.41, 5.74) is 4.95. The van der Waals surface area contributed by atoms with E-state index < -0.39 is 0 Å². The maximum atomic E-state index is 4.76. The molecule has 1 aromatic carbocycles. The van der Waals surface area contributed by atoms with Gasteiger partial charge in [0, 0.05) is 31.9 Å². The number of guanidine groups is 1. The van der Waals surface area contributed by atoms with Crippen LogP contribution in [0, 0.1) is 13.8 Å². The van der Waals surface area contributed by atoms with Crippen molar-refractivity contribution in [3.05, 3.63) is 52.8 Å². The molecule has 172 valence electrons. The minimum Gasteiger partial charge on any atom is -0.357 e. The van der Waals surface area contributed by atoms with Gasteiger partial charge in [0.2, 0.25) is 0 Å². The maximum absolute atomic E-state index is 4.76. The molecule has 0 saturated carbocycles. The average molecular weight is 539 g/mol. The van der Waals surface area contributed by atoms with Gasteiger partial charge in [-0.05, 0) is 70.3 Å². The summed E-state index contributed by atoms with van der Waals surface area (Å²) in [7, 11) is 0. The molecular weight excluding hydrogens is 499 g/mol. The number of benzene rings is 1. The second kappa shape index (κ2) is 13.7. The number of aromatic nitrogens is 2. The number of halogens is 1. The zero-order chi connectivity index (χ0) is 21.2. The van der Waals surface area contributed by atoms with E-state index in [1.165, 1.54) is 49.2 Å². The molecule has 1 aliphatic heterocycles. The molecule has 0 spiro atoms. The SMILES string of the molecule is CCNC(=NCc1ccc(CN2CCCCC2)cc1)NCCCn1nc(C)cc1C.I. The molecule has 3 rings (SSSR count). The lowest BCUT2D eigenvalue weighted by Gasteiger charge is -2.26. The van der Waals surface area contributed by atoms with Crippen molar-refractivity contribution in [3.63, 3.8) is 0 Å². The summed E-state index contributed by atoms with van der Waals surface area (Å²) >= 11 is 0. The van der Waals surface area contributed by atoms with Crippen LogP contribution in [0.5, 0.6) is 0 Å². The molecular formula is C24H39IN6. The van der Waals surface area contributed by atoms with Crippen LogP contribution in [-0.4, -0.2) is 46.8 Å². The fourth-order valence-corrected chi connectivity index (χ4v) is 3.97. The molecule has 2 N–H and O–H groups in total. The molecule has 0 aliphatic carbocycles. The normalized spacial score (nSPS) is 14.9. The number of likely N-dealkylation sites (tertiary alicyclic amines) is 1. The van der Waals surface area contributed by atoms with Gasteiger partial charge in [-0.25, -0.2) is 4.99 Å². The van der Waals surface area contributed by atoms with Gasteiger partial charge in [0.1, 0.15) is 0 Å². The molecule has 2 aromatic rings. The zero-order valence-corrected chi connectivity index (χ0v) is 21.7. The smallest absolute Gasteiger partial charge is 0.191 e. The standard InChI is InChI=1S/C24H38N6.HI/c1-4-25-24(26-13-8-16-30-21(3)17-20(2)28-30)27-18-22-9-11-23(12-10-22)19-29-14-6-5-7-15-29;/h9-12,17H,4-8,13-16,18-19H2,1-3H3,(H2,25,26,27);1H. The summed E-state index contributed by atoms with van der Waals surface area (Å²) in [5.74, 6) is 0.878. The molecule has 1 saturated heterocycles. The lowest BCUT2D eigenvalue weighted by molar-refractivity contribution is 0.221. The number of piperidine rings is 1. The lowest BCUT2D eigenvalue weighted by Crippen LogP contribution is -2.38. The van der Waals surface area contributed by atoms with Gasteiger partial charge in [0.05, 0.1) is 12.2 Å². The molecule has 0 unspecified atom stereocenters. The Balaban J connectivity index is 0.00000341. The molecule has 1 fully saturated rings. The van der Waals surface area contributed by atoms with E-state index in [1.807, 2.05) is 6.92 Å². The molecule has 31 heavy (non-hydrogen) atoms. The van der Waals surface area contributed by atoms with Crippen LogP contribution in [-0.2, 0) is 19.6 Å². The monoisotopic (exact) mass is 538 g/mol. The van der Waals surface area contributed by atoms with E-state index in [0.717, 1.165) is 44.3 Å². The van der Waals surface area contributed by atoms with Crippen molar-refractivity contribution in [2.75, 3.05) is 26.2 Å². The first kappa shape index (κ1) is 25.6. The highest BCUT2D eigenvalue weighted by Crippen LogP contribution is 2.14. The summed E-state index contributed by atoms with van der Waals surface area (Å²) in [6.45, 7) is 13.1. The number of hydrogen-bond acceptors (Lipinski definition) is 3. The summed E-state index contributed by atoms with van der Waals surface area (Å²) in [5, 5.41) is 11.3. The van der Waals surface area contributed by atoms with E-state index in [1.54, 1.807) is 0 Å². The number of rotatable bonds is 9. The molecule has 6 nitrogen and oxygen atoms in total. The molecule has 1 aromatic heterocycles. The van der Waals surface area contributed by atoms with Crippen molar-refractivity contribution in [2.45, 2.75) is 66.1 Å². The quantitative estimate of drug-likeness (QED) is 0.217. The van der Waals surface area contributed by atoms with Gasteiger partial charge >= 0.3 is 0 Å². The second-order valence-corrected chi connectivity index (χ2v) is 8.28. The van der Waals surface area contributed by atoms with E-state index in [-0.39, 0.29) is 24.0 Å².